The zero-order valence-corrected chi connectivity index (χ0v) is 16.4. The quantitative estimate of drug-likeness (QED) is 0.356. The summed E-state index contributed by atoms with van der Waals surface area (Å²) in [4.78, 5) is 5.09. The first kappa shape index (κ1) is 17.5. The molecule has 1 nitrogen and oxygen atoms in total. The monoisotopic (exact) mass is 395 g/mol. The minimum absolute atomic E-state index is 0.635. The summed E-state index contributed by atoms with van der Waals surface area (Å²) in [6.07, 6.45) is 3.71. The van der Waals surface area contributed by atoms with Crippen LogP contribution < -0.4 is 0 Å². The Labute approximate surface area is 174 Å². The topological polar surface area (TPSA) is 12.9 Å². The van der Waals surface area contributed by atoms with E-state index < -0.39 is 11.6 Å². The van der Waals surface area contributed by atoms with E-state index in [2.05, 4.69) is 42.5 Å². The number of nitrogens with zero attached hydrogens (tertiary/aromatic N) is 1. The van der Waals surface area contributed by atoms with Crippen LogP contribution in [0.5, 0.6) is 0 Å². The molecule has 146 valence electrons. The summed E-state index contributed by atoms with van der Waals surface area (Å²) < 4.78 is 27.7. The number of aromatic nitrogens is 1. The van der Waals surface area contributed by atoms with Gasteiger partial charge in [0.1, 0.15) is 0 Å². The zero-order valence-electron chi connectivity index (χ0n) is 16.4. The Bertz CT molecular complexity index is 1320. The van der Waals surface area contributed by atoms with Crippen molar-refractivity contribution in [2.75, 3.05) is 0 Å². The van der Waals surface area contributed by atoms with Crippen molar-refractivity contribution in [3.05, 3.63) is 101 Å². The third-order valence-corrected chi connectivity index (χ3v) is 6.44. The fourth-order valence-electron chi connectivity index (χ4n) is 5.05. The van der Waals surface area contributed by atoms with Gasteiger partial charge in [-0.2, -0.15) is 0 Å². The number of aryl methyl sites for hydroxylation is 2. The Morgan fingerprint density at radius 3 is 1.97 bits per heavy atom. The van der Waals surface area contributed by atoms with E-state index in [0.29, 0.717) is 5.56 Å². The number of rotatable bonds is 1. The Hall–Kier alpha value is -3.33. The zero-order chi connectivity index (χ0) is 20.2. The second-order valence-corrected chi connectivity index (χ2v) is 8.08. The molecule has 0 unspecified atom stereocenters. The molecule has 0 atom stereocenters. The summed E-state index contributed by atoms with van der Waals surface area (Å²) in [5.74, 6) is -1.67. The third kappa shape index (κ3) is 2.55. The molecule has 0 radical (unpaired) electrons. The van der Waals surface area contributed by atoms with Crippen molar-refractivity contribution < 1.29 is 8.78 Å². The number of benzene rings is 3. The molecule has 0 fully saturated rings. The van der Waals surface area contributed by atoms with Gasteiger partial charge in [0.05, 0.1) is 11.4 Å². The van der Waals surface area contributed by atoms with Crippen molar-refractivity contribution >= 4 is 0 Å². The van der Waals surface area contributed by atoms with Crippen LogP contribution in [0.2, 0.25) is 0 Å². The van der Waals surface area contributed by atoms with Crippen LogP contribution in [-0.4, -0.2) is 4.98 Å². The van der Waals surface area contributed by atoms with Gasteiger partial charge in [0.25, 0.3) is 0 Å². The molecule has 1 heterocycles. The molecule has 2 aliphatic rings. The van der Waals surface area contributed by atoms with Crippen LogP contribution >= 0.6 is 0 Å². The molecule has 0 N–H and O–H groups in total. The lowest BCUT2D eigenvalue weighted by Gasteiger charge is -2.29. The summed E-state index contributed by atoms with van der Waals surface area (Å²) in [5, 5.41) is 0. The summed E-state index contributed by atoms with van der Waals surface area (Å²) in [6.45, 7) is 0. The highest BCUT2D eigenvalue weighted by Gasteiger charge is 2.29. The number of hydrogen-bond donors (Lipinski definition) is 0. The first-order valence-electron chi connectivity index (χ1n) is 10.4. The normalized spacial score (nSPS) is 13.8. The van der Waals surface area contributed by atoms with E-state index in [4.69, 9.17) is 4.98 Å². The smallest absolute Gasteiger partial charge is 0.159 e. The van der Waals surface area contributed by atoms with Gasteiger partial charge < -0.3 is 0 Å². The largest absolute Gasteiger partial charge is 0.247 e. The van der Waals surface area contributed by atoms with Crippen LogP contribution in [0.4, 0.5) is 8.78 Å². The average Bonchev–Trinajstić information content (AvgIpc) is 2.79. The molecular formula is C27H19F2N. The SMILES string of the molecule is Fc1ccc(-c2nc3c(c4c2CCc2ccccc2-4)CCc2ccccc2-3)cc1F. The van der Waals surface area contributed by atoms with Crippen LogP contribution in [0, 0.1) is 11.6 Å². The summed E-state index contributed by atoms with van der Waals surface area (Å²) >= 11 is 0. The van der Waals surface area contributed by atoms with Gasteiger partial charge in [-0.25, -0.2) is 13.8 Å². The van der Waals surface area contributed by atoms with Gasteiger partial charge in [-0.15, -0.1) is 0 Å². The van der Waals surface area contributed by atoms with Crippen LogP contribution in [-0.2, 0) is 25.7 Å². The highest BCUT2D eigenvalue weighted by Crippen LogP contribution is 2.46. The summed E-state index contributed by atoms with van der Waals surface area (Å²) in [5.41, 5.74) is 11.1. The van der Waals surface area contributed by atoms with E-state index in [1.807, 2.05) is 6.07 Å². The van der Waals surface area contributed by atoms with Crippen LogP contribution in [0.25, 0.3) is 33.6 Å². The fourth-order valence-corrected chi connectivity index (χ4v) is 5.05. The lowest BCUT2D eigenvalue weighted by atomic mass is 9.77. The van der Waals surface area contributed by atoms with Crippen LogP contribution in [0.15, 0.2) is 66.7 Å². The average molecular weight is 395 g/mol. The lowest BCUT2D eigenvalue weighted by Crippen LogP contribution is -2.15. The molecule has 6 rings (SSSR count). The molecule has 0 spiro atoms. The molecular weight excluding hydrogens is 376 g/mol. The van der Waals surface area contributed by atoms with E-state index >= 15 is 0 Å². The summed E-state index contributed by atoms with van der Waals surface area (Å²) in [6, 6.07) is 21.0. The molecule has 30 heavy (non-hydrogen) atoms. The minimum Gasteiger partial charge on any atom is -0.247 e. The minimum atomic E-state index is -0.836. The fraction of sp³-hybridized carbons (Fsp3) is 0.148. The van der Waals surface area contributed by atoms with E-state index in [1.54, 1.807) is 6.07 Å². The second-order valence-electron chi connectivity index (χ2n) is 8.08. The Morgan fingerprint density at radius 2 is 1.23 bits per heavy atom. The number of pyridine rings is 1. The van der Waals surface area contributed by atoms with Crippen molar-refractivity contribution in [3.8, 4) is 33.6 Å². The maximum atomic E-state index is 14.1. The predicted octanol–water partition coefficient (Wildman–Crippen LogP) is 6.56. The van der Waals surface area contributed by atoms with Crippen molar-refractivity contribution in [1.82, 2.24) is 4.98 Å². The molecule has 0 bridgehead atoms. The first-order valence-corrected chi connectivity index (χ1v) is 10.4. The van der Waals surface area contributed by atoms with Gasteiger partial charge in [0, 0.05) is 11.1 Å². The molecule has 0 saturated carbocycles. The van der Waals surface area contributed by atoms with Gasteiger partial charge >= 0.3 is 0 Å². The molecule has 3 aromatic carbocycles. The molecule has 0 amide bonds. The first-order chi connectivity index (χ1) is 14.7. The molecule has 1 aromatic heterocycles. The van der Waals surface area contributed by atoms with Gasteiger partial charge in [-0.1, -0.05) is 48.5 Å². The number of halogens is 2. The molecule has 4 aromatic rings. The number of fused-ring (bicyclic) bond motifs is 7. The molecule has 0 aliphatic heterocycles. The van der Waals surface area contributed by atoms with Gasteiger partial charge in [-0.3, -0.25) is 0 Å². The molecule has 0 saturated heterocycles. The molecule has 2 aliphatic carbocycles. The lowest BCUT2D eigenvalue weighted by molar-refractivity contribution is 0.509. The van der Waals surface area contributed by atoms with Gasteiger partial charge in [-0.05, 0) is 77.3 Å². The second kappa shape index (κ2) is 6.60. The highest BCUT2D eigenvalue weighted by molar-refractivity contribution is 5.88. The van der Waals surface area contributed by atoms with E-state index in [0.717, 1.165) is 48.2 Å². The molecule has 3 heteroatoms. The van der Waals surface area contributed by atoms with Gasteiger partial charge in [0.2, 0.25) is 0 Å². The van der Waals surface area contributed by atoms with Crippen molar-refractivity contribution in [2.45, 2.75) is 25.7 Å². The number of hydrogen-bond acceptors (Lipinski definition) is 1. The Morgan fingerprint density at radius 1 is 0.600 bits per heavy atom. The van der Waals surface area contributed by atoms with E-state index in [1.165, 1.54) is 39.9 Å². The maximum absolute atomic E-state index is 14.1. The van der Waals surface area contributed by atoms with Crippen molar-refractivity contribution in [2.24, 2.45) is 0 Å². The Kier molecular flexibility index (Phi) is 3.85. The van der Waals surface area contributed by atoms with Crippen molar-refractivity contribution in [1.29, 1.82) is 0 Å². The Balaban J connectivity index is 1.71. The van der Waals surface area contributed by atoms with E-state index in [-0.39, 0.29) is 0 Å². The third-order valence-electron chi connectivity index (χ3n) is 6.44. The standard InChI is InChI=1S/C27H19F2N/c28-23-14-11-18(15-24(23)29)26-21-12-9-16-5-1-3-7-19(16)25(21)22-13-10-17-6-2-4-8-20(17)27(22)30-26/h1-8,11,14-15H,9-10,12-13H2. The highest BCUT2D eigenvalue weighted by atomic mass is 19.2. The predicted molar refractivity (Wildman–Crippen MR) is 115 cm³/mol. The van der Waals surface area contributed by atoms with E-state index in [9.17, 15) is 8.78 Å². The summed E-state index contributed by atoms with van der Waals surface area (Å²) in [7, 11) is 0. The van der Waals surface area contributed by atoms with Crippen molar-refractivity contribution in [3.63, 3.8) is 0 Å². The van der Waals surface area contributed by atoms with Crippen LogP contribution in [0.3, 0.4) is 0 Å². The maximum Gasteiger partial charge on any atom is 0.159 e. The van der Waals surface area contributed by atoms with Gasteiger partial charge in [0.15, 0.2) is 11.6 Å². The van der Waals surface area contributed by atoms with Crippen LogP contribution in [0.1, 0.15) is 22.3 Å².